The topological polar surface area (TPSA) is 79.2 Å². The van der Waals surface area contributed by atoms with Gasteiger partial charge in [-0.3, -0.25) is 9.73 Å². The van der Waals surface area contributed by atoms with Gasteiger partial charge in [0.25, 0.3) is 0 Å². The second-order valence-corrected chi connectivity index (χ2v) is 5.35. The smallest absolute Gasteiger partial charge is 0.176 e. The van der Waals surface area contributed by atoms with Gasteiger partial charge in [0.05, 0.1) is 18.6 Å². The van der Waals surface area contributed by atoms with Gasteiger partial charge in [-0.05, 0) is 19.3 Å². The van der Waals surface area contributed by atoms with Crippen LogP contribution in [0, 0.1) is 16.2 Å². The molecule has 0 radical (unpaired) electrons. The van der Waals surface area contributed by atoms with Gasteiger partial charge in [0.15, 0.2) is 5.34 Å². The van der Waals surface area contributed by atoms with E-state index in [1.165, 1.54) is 5.06 Å². The molecule has 1 heterocycles. The molecule has 0 saturated carbocycles. The molecule has 1 saturated heterocycles. The van der Waals surface area contributed by atoms with Crippen molar-refractivity contribution >= 4 is 5.78 Å². The molecule has 0 aromatic rings. The predicted octanol–water partition coefficient (Wildman–Crippen LogP) is 2.07. The fourth-order valence-corrected chi connectivity index (χ4v) is 2.90. The number of ketones is 1. The van der Waals surface area contributed by atoms with E-state index in [1.807, 2.05) is 0 Å². The minimum atomic E-state index is -0.792. The molecule has 0 aromatic carbocycles. The molecule has 0 aromatic heterocycles. The number of hydrogen-bond acceptors (Lipinski definition) is 6. The van der Waals surface area contributed by atoms with Crippen molar-refractivity contribution in [3.05, 3.63) is 4.91 Å². The van der Waals surface area contributed by atoms with Crippen molar-refractivity contribution in [2.45, 2.75) is 46.0 Å². The van der Waals surface area contributed by atoms with Gasteiger partial charge in [-0.2, -0.15) is 0 Å². The normalized spacial score (nSPS) is 23.8. The molecule has 0 spiro atoms. The lowest BCUT2D eigenvalue weighted by molar-refractivity contribution is -0.159. The van der Waals surface area contributed by atoms with Gasteiger partial charge in [-0.1, -0.05) is 26.7 Å². The van der Waals surface area contributed by atoms with Crippen molar-refractivity contribution in [2.24, 2.45) is 16.7 Å². The Hall–Kier alpha value is -1.01. The lowest BCUT2D eigenvalue weighted by atomic mass is 9.75. The van der Waals surface area contributed by atoms with Crippen LogP contribution in [0.2, 0.25) is 0 Å². The van der Waals surface area contributed by atoms with Crippen molar-refractivity contribution in [2.75, 3.05) is 19.7 Å². The van der Waals surface area contributed by atoms with Crippen LogP contribution in [0.1, 0.15) is 46.0 Å². The van der Waals surface area contributed by atoms with E-state index in [9.17, 15) is 14.8 Å². The number of carbonyl (C=O) groups excluding carboxylic acids is 1. The number of aliphatic hydroxyl groups is 1. The first kappa shape index (κ1) is 16.0. The van der Waals surface area contributed by atoms with Crippen LogP contribution < -0.4 is 0 Å². The van der Waals surface area contributed by atoms with Crippen LogP contribution in [0.3, 0.4) is 0 Å². The number of aliphatic hydroxyl groups excluding tert-OH is 1. The summed E-state index contributed by atoms with van der Waals surface area (Å²) >= 11 is 0. The predicted molar refractivity (Wildman–Crippen MR) is 70.9 cm³/mol. The number of Topliss-reactive ketones (excluding diaryl/α,β-unsaturated/α-hetero) is 1. The van der Waals surface area contributed by atoms with Crippen LogP contribution in [-0.2, 0) is 9.73 Å². The fraction of sp³-hybridized carbons (Fsp3) is 0.923. The molecule has 6 nitrogen and oxygen atoms in total. The van der Waals surface area contributed by atoms with Gasteiger partial charge in [-0.15, -0.1) is 9.97 Å². The highest BCUT2D eigenvalue weighted by molar-refractivity contribution is 5.87. The van der Waals surface area contributed by atoms with E-state index in [1.54, 1.807) is 0 Å². The second kappa shape index (κ2) is 7.55. The number of rotatable bonds is 9. The van der Waals surface area contributed by atoms with Crippen LogP contribution in [-0.4, -0.2) is 35.6 Å². The molecule has 0 aliphatic carbocycles. The molecule has 19 heavy (non-hydrogen) atoms. The minimum absolute atomic E-state index is 0.00806. The zero-order valence-corrected chi connectivity index (χ0v) is 11.8. The highest BCUT2D eigenvalue weighted by Gasteiger charge is 2.47. The van der Waals surface area contributed by atoms with E-state index in [-0.39, 0.29) is 24.9 Å². The zero-order chi connectivity index (χ0) is 14.3. The van der Waals surface area contributed by atoms with Crippen molar-refractivity contribution in [1.29, 1.82) is 0 Å². The first-order valence-electron chi connectivity index (χ1n) is 7.03. The Morgan fingerprint density at radius 1 is 1.42 bits per heavy atom. The Balaban J connectivity index is 2.77. The van der Waals surface area contributed by atoms with Gasteiger partial charge < -0.3 is 5.11 Å². The third-order valence-corrected chi connectivity index (χ3v) is 3.94. The van der Waals surface area contributed by atoms with Gasteiger partial charge in [0.1, 0.15) is 5.78 Å². The van der Waals surface area contributed by atoms with Crippen LogP contribution in [0.25, 0.3) is 0 Å². The van der Waals surface area contributed by atoms with Crippen molar-refractivity contribution in [3.8, 4) is 0 Å². The van der Waals surface area contributed by atoms with Gasteiger partial charge >= 0.3 is 0 Å². The van der Waals surface area contributed by atoms with Gasteiger partial charge in [-0.25, -0.2) is 0 Å². The molecule has 1 N–H and O–H groups in total. The lowest BCUT2D eigenvalue weighted by Gasteiger charge is -2.29. The maximum Gasteiger partial charge on any atom is 0.176 e. The Bertz CT molecular complexity index is 305. The molecular weight excluding hydrogens is 248 g/mol. The Morgan fingerprint density at radius 3 is 2.53 bits per heavy atom. The summed E-state index contributed by atoms with van der Waals surface area (Å²) in [6.07, 6.45) is 4.12. The monoisotopic (exact) mass is 272 g/mol. The molecule has 1 rings (SSSR count). The Kier molecular flexibility index (Phi) is 6.37. The standard InChI is InChI=1S/C13H24N2O4/c1-3-5-11(6-4-2)12(17)13(10-16)7-8-15(9-13)19-14-18/h11,16H,3-10H2,1-2H3. The van der Waals surface area contributed by atoms with Gasteiger partial charge in [0, 0.05) is 12.5 Å². The third-order valence-electron chi connectivity index (χ3n) is 3.94. The summed E-state index contributed by atoms with van der Waals surface area (Å²) in [5, 5.41) is 13.4. The zero-order valence-electron chi connectivity index (χ0n) is 11.8. The molecule has 1 atom stereocenters. The highest BCUT2D eigenvalue weighted by atomic mass is 16.9. The average molecular weight is 272 g/mol. The molecule has 0 bridgehead atoms. The SMILES string of the molecule is CCCC(CCC)C(=O)C1(CO)CCN(ON=O)C1. The lowest BCUT2D eigenvalue weighted by Crippen LogP contribution is -2.41. The van der Waals surface area contributed by atoms with Crippen LogP contribution in [0.5, 0.6) is 0 Å². The largest absolute Gasteiger partial charge is 0.395 e. The summed E-state index contributed by atoms with van der Waals surface area (Å²) in [4.78, 5) is 27.3. The summed E-state index contributed by atoms with van der Waals surface area (Å²) in [6.45, 7) is 4.61. The summed E-state index contributed by atoms with van der Waals surface area (Å²) < 4.78 is 0. The molecule has 6 heteroatoms. The van der Waals surface area contributed by atoms with Crippen molar-refractivity contribution in [3.63, 3.8) is 0 Å². The van der Waals surface area contributed by atoms with Crippen LogP contribution >= 0.6 is 0 Å². The Morgan fingerprint density at radius 2 is 2.05 bits per heavy atom. The fourth-order valence-electron chi connectivity index (χ4n) is 2.90. The molecule has 1 unspecified atom stereocenters. The van der Waals surface area contributed by atoms with E-state index in [0.717, 1.165) is 25.7 Å². The number of hydrogen-bond donors (Lipinski definition) is 1. The van der Waals surface area contributed by atoms with Crippen LogP contribution in [0.15, 0.2) is 5.34 Å². The second-order valence-electron chi connectivity index (χ2n) is 5.35. The van der Waals surface area contributed by atoms with E-state index in [4.69, 9.17) is 0 Å². The minimum Gasteiger partial charge on any atom is -0.395 e. The Labute approximate surface area is 114 Å². The molecule has 1 aliphatic rings. The molecule has 110 valence electrons. The summed E-state index contributed by atoms with van der Waals surface area (Å²) in [6, 6.07) is 0. The molecular formula is C13H24N2O4. The number of hydroxylamine groups is 2. The van der Waals surface area contributed by atoms with E-state index in [0.29, 0.717) is 13.0 Å². The van der Waals surface area contributed by atoms with E-state index >= 15 is 0 Å². The maximum absolute atomic E-state index is 12.7. The molecule has 1 aliphatic heterocycles. The van der Waals surface area contributed by atoms with Crippen molar-refractivity contribution < 1.29 is 14.8 Å². The molecule has 1 fully saturated rings. The quantitative estimate of drug-likeness (QED) is 0.513. The van der Waals surface area contributed by atoms with Gasteiger partial charge in [0.2, 0.25) is 0 Å². The first-order valence-corrected chi connectivity index (χ1v) is 7.03. The third kappa shape index (κ3) is 3.73. The highest BCUT2D eigenvalue weighted by Crippen LogP contribution is 2.36. The maximum atomic E-state index is 12.7. The van der Waals surface area contributed by atoms with Crippen LogP contribution in [0.4, 0.5) is 0 Å². The first-order chi connectivity index (χ1) is 9.13. The number of nitrogens with zero attached hydrogens (tertiary/aromatic N) is 2. The summed E-state index contributed by atoms with van der Waals surface area (Å²) in [5.41, 5.74) is -0.792. The average Bonchev–Trinajstić information content (AvgIpc) is 2.83. The summed E-state index contributed by atoms with van der Waals surface area (Å²) in [5.74, 6) is 0.0991. The van der Waals surface area contributed by atoms with Crippen molar-refractivity contribution in [1.82, 2.24) is 5.06 Å². The molecule has 0 amide bonds. The number of carbonyl (C=O) groups is 1. The van der Waals surface area contributed by atoms with E-state index < -0.39 is 5.41 Å². The van der Waals surface area contributed by atoms with E-state index in [2.05, 4.69) is 24.1 Å². The summed E-state index contributed by atoms with van der Waals surface area (Å²) in [7, 11) is 0.